The van der Waals surface area contributed by atoms with Gasteiger partial charge in [0.25, 0.3) is 0 Å². The maximum Gasteiger partial charge on any atom is 0.233 e. The van der Waals surface area contributed by atoms with Crippen molar-refractivity contribution in [1.82, 2.24) is 14.9 Å². The molecule has 0 spiro atoms. The third kappa shape index (κ3) is 2.41. The van der Waals surface area contributed by atoms with Crippen molar-refractivity contribution < 1.29 is 4.74 Å². The van der Waals surface area contributed by atoms with Gasteiger partial charge in [-0.05, 0) is 18.8 Å². The second-order valence-electron chi connectivity index (χ2n) is 7.27. The van der Waals surface area contributed by atoms with Gasteiger partial charge in [0, 0.05) is 37.0 Å². The van der Waals surface area contributed by atoms with Gasteiger partial charge in [-0.2, -0.15) is 0 Å². The molecular formula is C19H21N3O. The lowest BCUT2D eigenvalue weighted by atomic mass is 9.66. The summed E-state index contributed by atoms with van der Waals surface area (Å²) in [7, 11) is 0. The van der Waals surface area contributed by atoms with Crippen molar-refractivity contribution >= 4 is 0 Å². The van der Waals surface area contributed by atoms with E-state index in [9.17, 15) is 0 Å². The number of aromatic nitrogens is 2. The molecule has 4 fully saturated rings. The molecule has 0 amide bonds. The highest BCUT2D eigenvalue weighted by Crippen LogP contribution is 2.44. The zero-order chi connectivity index (χ0) is 15.2. The summed E-state index contributed by atoms with van der Waals surface area (Å²) >= 11 is 0. The Balaban J connectivity index is 1.39. The number of rotatable bonds is 3. The molecule has 118 valence electrons. The Labute approximate surface area is 136 Å². The topological polar surface area (TPSA) is 38.2 Å². The molecule has 4 aliphatic rings. The average molecular weight is 307 g/mol. The summed E-state index contributed by atoms with van der Waals surface area (Å²) < 4.78 is 6.35. The highest BCUT2D eigenvalue weighted by atomic mass is 16.5. The van der Waals surface area contributed by atoms with Crippen LogP contribution in [-0.4, -0.2) is 40.6 Å². The lowest BCUT2D eigenvalue weighted by molar-refractivity contribution is -0.0998. The van der Waals surface area contributed by atoms with Crippen molar-refractivity contribution in [2.45, 2.75) is 18.9 Å². The van der Waals surface area contributed by atoms with E-state index < -0.39 is 0 Å². The number of nitrogens with zero attached hydrogens (tertiary/aromatic N) is 3. The van der Waals surface area contributed by atoms with Crippen LogP contribution in [0.1, 0.15) is 12.8 Å². The normalized spacial score (nSPS) is 34.5. The minimum absolute atomic E-state index is 0.322. The summed E-state index contributed by atoms with van der Waals surface area (Å²) in [5.74, 6) is 2.92. The van der Waals surface area contributed by atoms with Crippen molar-refractivity contribution in [1.29, 1.82) is 0 Å². The summed E-state index contributed by atoms with van der Waals surface area (Å²) in [6.45, 7) is 3.70. The summed E-state index contributed by atoms with van der Waals surface area (Å²) in [4.78, 5) is 11.7. The van der Waals surface area contributed by atoms with Gasteiger partial charge in [0.05, 0.1) is 18.1 Å². The zero-order valence-electron chi connectivity index (χ0n) is 13.1. The Morgan fingerprint density at radius 1 is 0.957 bits per heavy atom. The van der Waals surface area contributed by atoms with Crippen LogP contribution in [0, 0.1) is 17.8 Å². The van der Waals surface area contributed by atoms with Crippen LogP contribution in [-0.2, 0) is 0 Å². The first-order valence-corrected chi connectivity index (χ1v) is 8.61. The molecule has 2 aromatic rings. The summed E-state index contributed by atoms with van der Waals surface area (Å²) in [6, 6.07) is 10.2. The van der Waals surface area contributed by atoms with Crippen LogP contribution >= 0.6 is 0 Å². The quantitative estimate of drug-likeness (QED) is 0.874. The SMILES string of the molecule is c1ccc(-c2cncc(OC3[C@@H]4CC5C[C@@H]3CN(C5)C4)n2)cc1. The Kier molecular flexibility index (Phi) is 3.11. The van der Waals surface area contributed by atoms with Gasteiger partial charge in [-0.15, -0.1) is 0 Å². The highest BCUT2D eigenvalue weighted by Gasteiger charge is 2.48. The second-order valence-corrected chi connectivity index (χ2v) is 7.27. The summed E-state index contributed by atoms with van der Waals surface area (Å²) in [5.41, 5.74) is 1.97. The van der Waals surface area contributed by atoms with Crippen LogP contribution in [0.3, 0.4) is 0 Å². The minimum atomic E-state index is 0.322. The molecule has 4 nitrogen and oxygen atoms in total. The van der Waals surface area contributed by atoms with Gasteiger partial charge in [0.15, 0.2) is 0 Å². The Bertz CT molecular complexity index is 675. The fraction of sp³-hybridized carbons (Fsp3) is 0.474. The first-order chi connectivity index (χ1) is 11.3. The van der Waals surface area contributed by atoms with Gasteiger partial charge in [-0.3, -0.25) is 4.98 Å². The van der Waals surface area contributed by atoms with Gasteiger partial charge in [0.2, 0.25) is 5.88 Å². The van der Waals surface area contributed by atoms with E-state index in [1.807, 2.05) is 24.4 Å². The van der Waals surface area contributed by atoms with Crippen LogP contribution in [0.2, 0.25) is 0 Å². The van der Waals surface area contributed by atoms with E-state index in [-0.39, 0.29) is 0 Å². The fourth-order valence-electron chi connectivity index (χ4n) is 4.85. The molecule has 1 aromatic heterocycles. The molecule has 4 heteroatoms. The number of piperidine rings is 3. The van der Waals surface area contributed by atoms with Gasteiger partial charge in [0.1, 0.15) is 6.10 Å². The Hall–Kier alpha value is -1.94. The lowest BCUT2D eigenvalue weighted by Gasteiger charge is -2.55. The molecule has 1 aromatic carbocycles. The molecule has 23 heavy (non-hydrogen) atoms. The molecule has 3 aliphatic heterocycles. The van der Waals surface area contributed by atoms with E-state index in [0.29, 0.717) is 23.8 Å². The minimum Gasteiger partial charge on any atom is -0.473 e. The smallest absolute Gasteiger partial charge is 0.233 e. The van der Waals surface area contributed by atoms with Gasteiger partial charge >= 0.3 is 0 Å². The van der Waals surface area contributed by atoms with E-state index in [2.05, 4.69) is 22.0 Å². The largest absolute Gasteiger partial charge is 0.473 e. The van der Waals surface area contributed by atoms with Crippen molar-refractivity contribution in [3.8, 4) is 17.1 Å². The Morgan fingerprint density at radius 3 is 2.48 bits per heavy atom. The van der Waals surface area contributed by atoms with Crippen LogP contribution in [0.25, 0.3) is 11.3 Å². The van der Waals surface area contributed by atoms with Crippen LogP contribution in [0.15, 0.2) is 42.7 Å². The van der Waals surface area contributed by atoms with E-state index in [1.165, 1.54) is 32.5 Å². The van der Waals surface area contributed by atoms with E-state index >= 15 is 0 Å². The standard InChI is InChI=1S/C19H21N3O/c1-2-4-14(5-3-1)17-8-20-9-18(21-17)23-19-15-6-13-7-16(19)12-22(10-13)11-15/h1-5,8-9,13,15-16,19H,6-7,10-12H2/t13?,15-,16-,19?/m1/s1. The van der Waals surface area contributed by atoms with Gasteiger partial charge < -0.3 is 9.64 Å². The fourth-order valence-corrected chi connectivity index (χ4v) is 4.85. The zero-order valence-corrected chi connectivity index (χ0v) is 13.1. The molecule has 0 radical (unpaired) electrons. The molecule has 1 aliphatic carbocycles. The molecule has 4 bridgehead atoms. The summed E-state index contributed by atoms with van der Waals surface area (Å²) in [6.07, 6.45) is 6.54. The predicted molar refractivity (Wildman–Crippen MR) is 88.0 cm³/mol. The van der Waals surface area contributed by atoms with E-state index in [0.717, 1.165) is 17.2 Å². The number of ether oxygens (including phenoxy) is 1. The maximum absolute atomic E-state index is 6.35. The molecule has 0 N–H and O–H groups in total. The molecule has 4 heterocycles. The second kappa shape index (κ2) is 5.31. The first-order valence-electron chi connectivity index (χ1n) is 8.61. The van der Waals surface area contributed by atoms with E-state index in [4.69, 9.17) is 9.72 Å². The molecule has 2 atom stereocenters. The van der Waals surface area contributed by atoms with Crippen molar-refractivity contribution in [3.05, 3.63) is 42.7 Å². The molecule has 1 saturated carbocycles. The van der Waals surface area contributed by atoms with E-state index in [1.54, 1.807) is 6.20 Å². The number of hydrogen-bond acceptors (Lipinski definition) is 4. The highest BCUT2D eigenvalue weighted by molar-refractivity contribution is 5.58. The Morgan fingerprint density at radius 2 is 1.74 bits per heavy atom. The molecule has 6 rings (SSSR count). The third-order valence-corrected chi connectivity index (χ3v) is 5.64. The van der Waals surface area contributed by atoms with Crippen LogP contribution in [0.5, 0.6) is 5.88 Å². The van der Waals surface area contributed by atoms with Gasteiger partial charge in [-0.1, -0.05) is 30.3 Å². The molecular weight excluding hydrogens is 286 g/mol. The third-order valence-electron chi connectivity index (χ3n) is 5.64. The molecule has 3 saturated heterocycles. The lowest BCUT2D eigenvalue weighted by Crippen LogP contribution is -2.61. The van der Waals surface area contributed by atoms with Crippen LogP contribution < -0.4 is 4.74 Å². The van der Waals surface area contributed by atoms with Crippen molar-refractivity contribution in [3.63, 3.8) is 0 Å². The van der Waals surface area contributed by atoms with Gasteiger partial charge in [-0.25, -0.2) is 4.98 Å². The average Bonchev–Trinajstić information content (AvgIpc) is 2.59. The van der Waals surface area contributed by atoms with Crippen LogP contribution in [0.4, 0.5) is 0 Å². The first kappa shape index (κ1) is 13.5. The predicted octanol–water partition coefficient (Wildman–Crippen LogP) is 2.86. The summed E-state index contributed by atoms with van der Waals surface area (Å²) in [5, 5.41) is 0. The molecule has 0 unspecified atom stereocenters. The number of benzene rings is 1. The maximum atomic E-state index is 6.35. The van der Waals surface area contributed by atoms with Crippen molar-refractivity contribution in [2.24, 2.45) is 17.8 Å². The number of hydrogen-bond donors (Lipinski definition) is 0. The van der Waals surface area contributed by atoms with Crippen molar-refractivity contribution in [2.75, 3.05) is 19.6 Å². The monoisotopic (exact) mass is 307 g/mol.